The van der Waals surface area contributed by atoms with E-state index in [1.807, 2.05) is 0 Å². The van der Waals surface area contributed by atoms with Crippen LogP contribution in [0.3, 0.4) is 0 Å². The Morgan fingerprint density at radius 1 is 1.04 bits per heavy atom. The van der Waals surface area contributed by atoms with E-state index in [2.05, 4.69) is 22.9 Å². The van der Waals surface area contributed by atoms with Crippen molar-refractivity contribution in [3.05, 3.63) is 59.7 Å². The van der Waals surface area contributed by atoms with Gasteiger partial charge in [0, 0.05) is 12.1 Å². The highest BCUT2D eigenvalue weighted by atomic mass is 32.1. The molecule has 0 aliphatic heterocycles. The van der Waals surface area contributed by atoms with Crippen LogP contribution >= 0.6 is 12.2 Å². The van der Waals surface area contributed by atoms with Crippen LogP contribution in [0.4, 0.5) is 5.69 Å². The summed E-state index contributed by atoms with van der Waals surface area (Å²) in [5.41, 5.74) is 1.45. The molecule has 142 valence electrons. The van der Waals surface area contributed by atoms with Crippen LogP contribution in [0.1, 0.15) is 40.5 Å². The monoisotopic (exact) mass is 385 g/mol. The quantitative estimate of drug-likeness (QED) is 0.503. The first kappa shape index (κ1) is 20.4. The summed E-state index contributed by atoms with van der Waals surface area (Å²) in [5.74, 6) is 0.131. The summed E-state index contributed by atoms with van der Waals surface area (Å²) in [6, 6.07) is 13.7. The molecule has 2 rings (SSSR count). The van der Waals surface area contributed by atoms with Gasteiger partial charge in [-0.15, -0.1) is 0 Å². The number of hydrogen-bond donors (Lipinski definition) is 3. The predicted molar refractivity (Wildman–Crippen MR) is 110 cm³/mol. The fraction of sp³-hybridized carbons (Fsp3) is 0.250. The van der Waals surface area contributed by atoms with Gasteiger partial charge in [-0.1, -0.05) is 25.5 Å². The van der Waals surface area contributed by atoms with Crippen LogP contribution in [-0.4, -0.2) is 30.6 Å². The first-order chi connectivity index (χ1) is 13.0. The van der Waals surface area contributed by atoms with Gasteiger partial charge in [-0.2, -0.15) is 0 Å². The smallest absolute Gasteiger partial charge is 0.257 e. The molecule has 0 heterocycles. The van der Waals surface area contributed by atoms with Gasteiger partial charge >= 0.3 is 0 Å². The highest BCUT2D eigenvalue weighted by molar-refractivity contribution is 7.80. The Morgan fingerprint density at radius 2 is 1.74 bits per heavy atom. The number of anilines is 1. The van der Waals surface area contributed by atoms with E-state index in [-0.39, 0.29) is 16.9 Å². The number of thiocarbonyl (C=S) groups is 1. The molecule has 2 aromatic carbocycles. The summed E-state index contributed by atoms with van der Waals surface area (Å²) in [5, 5.41) is 8.51. The first-order valence-corrected chi connectivity index (χ1v) is 9.09. The Labute approximate surface area is 164 Å². The SMILES string of the molecule is CCCCNC(=O)c1ccccc1NC(=S)NC(=O)c1ccc(OC)cc1. The van der Waals surface area contributed by atoms with Crippen molar-refractivity contribution in [2.45, 2.75) is 19.8 Å². The number of hydrogen-bond acceptors (Lipinski definition) is 4. The molecule has 0 aliphatic rings. The minimum atomic E-state index is -0.347. The van der Waals surface area contributed by atoms with E-state index in [4.69, 9.17) is 17.0 Å². The lowest BCUT2D eigenvalue weighted by Gasteiger charge is -2.13. The summed E-state index contributed by atoms with van der Waals surface area (Å²) in [7, 11) is 1.56. The highest BCUT2D eigenvalue weighted by Crippen LogP contribution is 2.15. The maximum absolute atomic E-state index is 12.3. The fourth-order valence-corrected chi connectivity index (χ4v) is 2.54. The number of carbonyl (C=O) groups excluding carboxylic acids is 2. The van der Waals surface area contributed by atoms with Gasteiger partial charge in [0.25, 0.3) is 11.8 Å². The van der Waals surface area contributed by atoms with Gasteiger partial charge in [-0.05, 0) is 55.0 Å². The molecule has 2 aromatic rings. The molecule has 27 heavy (non-hydrogen) atoms. The maximum atomic E-state index is 12.3. The second-order valence-corrected chi connectivity index (χ2v) is 6.20. The van der Waals surface area contributed by atoms with Crippen LogP contribution in [0.15, 0.2) is 48.5 Å². The van der Waals surface area contributed by atoms with Gasteiger partial charge in [0.15, 0.2) is 5.11 Å². The van der Waals surface area contributed by atoms with Crippen LogP contribution in [0.5, 0.6) is 5.75 Å². The Kier molecular flexibility index (Phi) is 7.76. The van der Waals surface area contributed by atoms with Crippen molar-refractivity contribution in [3.63, 3.8) is 0 Å². The summed E-state index contributed by atoms with van der Waals surface area (Å²) in [6.45, 7) is 2.67. The van der Waals surface area contributed by atoms with Crippen molar-refractivity contribution in [1.29, 1.82) is 0 Å². The minimum absolute atomic E-state index is 0.115. The van der Waals surface area contributed by atoms with E-state index in [9.17, 15) is 9.59 Å². The number of carbonyl (C=O) groups is 2. The Hall–Kier alpha value is -2.93. The molecule has 0 unspecified atom stereocenters. The molecule has 7 heteroatoms. The zero-order chi connectivity index (χ0) is 19.6. The summed E-state index contributed by atoms with van der Waals surface area (Å²) in [6.07, 6.45) is 1.92. The lowest BCUT2D eigenvalue weighted by molar-refractivity contribution is 0.0952. The number of nitrogens with one attached hydrogen (secondary N) is 3. The lowest BCUT2D eigenvalue weighted by atomic mass is 10.1. The summed E-state index contributed by atoms with van der Waals surface area (Å²) in [4.78, 5) is 24.6. The summed E-state index contributed by atoms with van der Waals surface area (Å²) < 4.78 is 5.07. The molecule has 3 N–H and O–H groups in total. The standard InChI is InChI=1S/C20H23N3O3S/c1-3-4-13-21-19(25)16-7-5-6-8-17(16)22-20(27)23-18(24)14-9-11-15(26-2)12-10-14/h5-12H,3-4,13H2,1-2H3,(H,21,25)(H2,22,23,24,27). The predicted octanol–water partition coefficient (Wildman–Crippen LogP) is 3.35. The molecular formula is C20H23N3O3S. The topological polar surface area (TPSA) is 79.5 Å². The zero-order valence-corrected chi connectivity index (χ0v) is 16.2. The van der Waals surface area contributed by atoms with Crippen LogP contribution in [-0.2, 0) is 0 Å². The number of methoxy groups -OCH3 is 1. The number of amides is 2. The summed E-state index contributed by atoms with van der Waals surface area (Å²) >= 11 is 5.21. The molecule has 0 atom stereocenters. The van der Waals surface area contributed by atoms with E-state index in [0.717, 1.165) is 12.8 Å². The van der Waals surface area contributed by atoms with E-state index in [1.165, 1.54) is 0 Å². The molecule has 0 bridgehead atoms. The van der Waals surface area contributed by atoms with Crippen molar-refractivity contribution >= 4 is 34.8 Å². The van der Waals surface area contributed by atoms with E-state index in [0.29, 0.717) is 29.1 Å². The second-order valence-electron chi connectivity index (χ2n) is 5.79. The number of unbranched alkanes of at least 4 members (excludes halogenated alkanes) is 1. The van der Waals surface area contributed by atoms with Crippen molar-refractivity contribution in [2.24, 2.45) is 0 Å². The van der Waals surface area contributed by atoms with Crippen LogP contribution in [0.25, 0.3) is 0 Å². The normalized spacial score (nSPS) is 10.0. The van der Waals surface area contributed by atoms with Gasteiger partial charge < -0.3 is 15.4 Å². The Bertz CT molecular complexity index is 806. The van der Waals surface area contributed by atoms with Crippen molar-refractivity contribution in [3.8, 4) is 5.75 Å². The van der Waals surface area contributed by atoms with Gasteiger partial charge in [0.2, 0.25) is 0 Å². The Morgan fingerprint density at radius 3 is 2.41 bits per heavy atom. The van der Waals surface area contributed by atoms with E-state index >= 15 is 0 Å². The Balaban J connectivity index is 2.00. The third-order valence-corrected chi connectivity index (χ3v) is 4.02. The number of ether oxygens (including phenoxy) is 1. The van der Waals surface area contributed by atoms with Crippen LogP contribution in [0, 0.1) is 0 Å². The molecule has 0 fully saturated rings. The molecule has 0 radical (unpaired) electrons. The third kappa shape index (κ3) is 6.07. The molecule has 6 nitrogen and oxygen atoms in total. The molecule has 0 aliphatic carbocycles. The minimum Gasteiger partial charge on any atom is -0.497 e. The molecule has 2 amide bonds. The first-order valence-electron chi connectivity index (χ1n) is 8.68. The van der Waals surface area contributed by atoms with Crippen LogP contribution < -0.4 is 20.7 Å². The van der Waals surface area contributed by atoms with Crippen LogP contribution in [0.2, 0.25) is 0 Å². The number of benzene rings is 2. The molecule has 0 saturated heterocycles. The fourth-order valence-electron chi connectivity index (χ4n) is 2.34. The average molecular weight is 385 g/mol. The third-order valence-electron chi connectivity index (χ3n) is 3.82. The number of para-hydroxylation sites is 1. The molecular weight excluding hydrogens is 362 g/mol. The zero-order valence-electron chi connectivity index (χ0n) is 15.4. The molecule has 0 saturated carbocycles. The van der Waals surface area contributed by atoms with Gasteiger partial charge in [0.1, 0.15) is 5.75 Å². The highest BCUT2D eigenvalue weighted by Gasteiger charge is 2.13. The number of rotatable bonds is 7. The average Bonchev–Trinajstić information content (AvgIpc) is 2.68. The van der Waals surface area contributed by atoms with E-state index in [1.54, 1.807) is 55.6 Å². The second kappa shape index (κ2) is 10.3. The molecule has 0 aromatic heterocycles. The van der Waals surface area contributed by atoms with Crippen molar-refractivity contribution in [1.82, 2.24) is 10.6 Å². The maximum Gasteiger partial charge on any atom is 0.257 e. The largest absolute Gasteiger partial charge is 0.497 e. The van der Waals surface area contributed by atoms with Crippen molar-refractivity contribution in [2.75, 3.05) is 19.0 Å². The lowest BCUT2D eigenvalue weighted by Crippen LogP contribution is -2.35. The van der Waals surface area contributed by atoms with Gasteiger partial charge in [0.05, 0.1) is 18.4 Å². The van der Waals surface area contributed by atoms with Gasteiger partial charge in [-0.25, -0.2) is 0 Å². The van der Waals surface area contributed by atoms with E-state index < -0.39 is 0 Å². The molecule has 0 spiro atoms. The van der Waals surface area contributed by atoms with Crippen molar-refractivity contribution < 1.29 is 14.3 Å². The van der Waals surface area contributed by atoms with Gasteiger partial charge in [-0.3, -0.25) is 14.9 Å².